The maximum Gasteiger partial charge on any atom is 0.243 e. The van der Waals surface area contributed by atoms with Crippen LogP contribution in [0.25, 0.3) is 10.1 Å². The molecule has 0 bridgehead atoms. The standard InChI is InChI=1S/C20H24N2O2S/c1-3-19(23)21-9-8-15-12-22(11-14(15)2)20(24)10-16-13-25-18-7-5-4-6-17(16)18/h3-7,13-15H,1,8-12H2,2H3,(H,21,23)/t14-,15-/m1/s1. The lowest BCUT2D eigenvalue weighted by molar-refractivity contribution is -0.129. The number of likely N-dealkylation sites (tertiary alicyclic amines) is 1. The lowest BCUT2D eigenvalue weighted by Crippen LogP contribution is -2.30. The van der Waals surface area contributed by atoms with Gasteiger partial charge in [0.25, 0.3) is 0 Å². The molecule has 0 saturated carbocycles. The van der Waals surface area contributed by atoms with E-state index in [1.165, 1.54) is 16.2 Å². The van der Waals surface area contributed by atoms with Gasteiger partial charge < -0.3 is 10.2 Å². The number of thiophene rings is 1. The zero-order chi connectivity index (χ0) is 17.8. The molecule has 2 amide bonds. The lowest BCUT2D eigenvalue weighted by Gasteiger charge is -2.16. The summed E-state index contributed by atoms with van der Waals surface area (Å²) >= 11 is 1.70. The molecule has 4 nitrogen and oxygen atoms in total. The maximum absolute atomic E-state index is 12.7. The quantitative estimate of drug-likeness (QED) is 0.808. The Morgan fingerprint density at radius 1 is 1.36 bits per heavy atom. The van der Waals surface area contributed by atoms with Crippen molar-refractivity contribution in [1.29, 1.82) is 0 Å². The van der Waals surface area contributed by atoms with Crippen molar-refractivity contribution in [2.45, 2.75) is 19.8 Å². The number of nitrogens with zero attached hydrogens (tertiary/aromatic N) is 1. The summed E-state index contributed by atoms with van der Waals surface area (Å²) in [5, 5.41) is 6.11. The Kier molecular flexibility index (Phi) is 5.53. The van der Waals surface area contributed by atoms with E-state index in [9.17, 15) is 9.59 Å². The van der Waals surface area contributed by atoms with E-state index in [4.69, 9.17) is 0 Å². The summed E-state index contributed by atoms with van der Waals surface area (Å²) < 4.78 is 1.23. The maximum atomic E-state index is 12.7. The van der Waals surface area contributed by atoms with Crippen LogP contribution in [0.5, 0.6) is 0 Å². The minimum Gasteiger partial charge on any atom is -0.353 e. The van der Waals surface area contributed by atoms with Gasteiger partial charge in [-0.1, -0.05) is 31.7 Å². The van der Waals surface area contributed by atoms with Gasteiger partial charge in [0.05, 0.1) is 6.42 Å². The highest BCUT2D eigenvalue weighted by Gasteiger charge is 2.32. The number of carbonyl (C=O) groups excluding carboxylic acids is 2. The van der Waals surface area contributed by atoms with Crippen LogP contribution in [0, 0.1) is 11.8 Å². The summed E-state index contributed by atoms with van der Waals surface area (Å²) in [7, 11) is 0. The van der Waals surface area contributed by atoms with Crippen LogP contribution in [0.3, 0.4) is 0 Å². The summed E-state index contributed by atoms with van der Waals surface area (Å²) in [4.78, 5) is 25.9. The number of carbonyl (C=O) groups is 2. The van der Waals surface area contributed by atoms with Crippen molar-refractivity contribution in [2.75, 3.05) is 19.6 Å². The van der Waals surface area contributed by atoms with E-state index in [1.54, 1.807) is 11.3 Å². The SMILES string of the molecule is C=CC(=O)NCC[C@@H]1CN(C(=O)Cc2csc3ccccc23)C[C@H]1C. The van der Waals surface area contributed by atoms with Gasteiger partial charge in [-0.25, -0.2) is 0 Å². The van der Waals surface area contributed by atoms with Gasteiger partial charge in [0.2, 0.25) is 11.8 Å². The molecule has 1 fully saturated rings. The van der Waals surface area contributed by atoms with Crippen LogP contribution >= 0.6 is 11.3 Å². The molecule has 2 aromatic rings. The molecule has 1 N–H and O–H groups in total. The second-order valence-corrected chi connectivity index (χ2v) is 7.67. The Bertz CT molecular complexity index is 783. The van der Waals surface area contributed by atoms with Crippen molar-refractivity contribution in [2.24, 2.45) is 11.8 Å². The summed E-state index contributed by atoms with van der Waals surface area (Å²) in [6, 6.07) is 8.24. The van der Waals surface area contributed by atoms with Gasteiger partial charge in [0.15, 0.2) is 0 Å². The first-order valence-corrected chi connectivity index (χ1v) is 9.59. The largest absolute Gasteiger partial charge is 0.353 e. The molecule has 1 aliphatic heterocycles. The molecule has 1 aromatic carbocycles. The van der Waals surface area contributed by atoms with E-state index in [1.807, 2.05) is 17.0 Å². The van der Waals surface area contributed by atoms with Crippen LogP contribution in [0.2, 0.25) is 0 Å². The molecule has 2 atom stereocenters. The zero-order valence-corrected chi connectivity index (χ0v) is 15.3. The van der Waals surface area contributed by atoms with Crippen LogP contribution < -0.4 is 5.32 Å². The second kappa shape index (κ2) is 7.83. The number of fused-ring (bicyclic) bond motifs is 1. The van der Waals surface area contributed by atoms with Crippen molar-refractivity contribution in [1.82, 2.24) is 10.2 Å². The fraction of sp³-hybridized carbons (Fsp3) is 0.400. The number of nitrogens with one attached hydrogen (secondary N) is 1. The van der Waals surface area contributed by atoms with Crippen molar-refractivity contribution in [3.05, 3.63) is 47.9 Å². The molecule has 0 aliphatic carbocycles. The molecule has 0 radical (unpaired) electrons. The van der Waals surface area contributed by atoms with Crippen molar-refractivity contribution >= 4 is 33.2 Å². The van der Waals surface area contributed by atoms with Crippen molar-refractivity contribution < 1.29 is 9.59 Å². The lowest BCUT2D eigenvalue weighted by atomic mass is 9.95. The van der Waals surface area contributed by atoms with Crippen LogP contribution in [0.4, 0.5) is 0 Å². The zero-order valence-electron chi connectivity index (χ0n) is 14.5. The first kappa shape index (κ1) is 17.7. The number of hydrogen-bond acceptors (Lipinski definition) is 3. The first-order valence-electron chi connectivity index (χ1n) is 8.71. The predicted octanol–water partition coefficient (Wildman–Crippen LogP) is 3.23. The third kappa shape index (κ3) is 4.10. The normalized spacial score (nSPS) is 20.0. The average Bonchev–Trinajstić information content (AvgIpc) is 3.19. The van der Waals surface area contributed by atoms with Gasteiger partial charge in [-0.3, -0.25) is 9.59 Å². The van der Waals surface area contributed by atoms with Crippen LogP contribution in [-0.2, 0) is 16.0 Å². The molecule has 5 heteroatoms. The van der Waals surface area contributed by atoms with Gasteiger partial charge in [-0.05, 0) is 46.7 Å². The van der Waals surface area contributed by atoms with Crippen LogP contribution in [0.1, 0.15) is 18.9 Å². The van der Waals surface area contributed by atoms with Crippen molar-refractivity contribution in [3.63, 3.8) is 0 Å². The van der Waals surface area contributed by atoms with E-state index in [2.05, 4.69) is 36.3 Å². The van der Waals surface area contributed by atoms with Gasteiger partial charge >= 0.3 is 0 Å². The fourth-order valence-corrected chi connectivity index (χ4v) is 4.47. The summed E-state index contributed by atoms with van der Waals surface area (Å²) in [6.07, 6.45) is 2.65. The highest BCUT2D eigenvalue weighted by atomic mass is 32.1. The topological polar surface area (TPSA) is 49.4 Å². The Morgan fingerprint density at radius 2 is 2.16 bits per heavy atom. The summed E-state index contributed by atoms with van der Waals surface area (Å²) in [5.74, 6) is 0.966. The van der Waals surface area contributed by atoms with Gasteiger partial charge in [0.1, 0.15) is 0 Å². The third-order valence-electron chi connectivity index (χ3n) is 5.02. The number of hydrogen-bond donors (Lipinski definition) is 1. The van der Waals surface area contributed by atoms with Gasteiger partial charge in [0, 0.05) is 24.3 Å². The smallest absolute Gasteiger partial charge is 0.243 e. The molecule has 2 heterocycles. The molecule has 1 saturated heterocycles. The molecule has 1 aromatic heterocycles. The number of benzene rings is 1. The predicted molar refractivity (Wildman–Crippen MR) is 103 cm³/mol. The van der Waals surface area contributed by atoms with Crippen LogP contribution in [-0.4, -0.2) is 36.3 Å². The molecule has 3 rings (SSSR count). The van der Waals surface area contributed by atoms with Gasteiger partial charge in [-0.2, -0.15) is 0 Å². The average molecular weight is 356 g/mol. The van der Waals surface area contributed by atoms with Crippen molar-refractivity contribution in [3.8, 4) is 0 Å². The Labute approximate surface area is 152 Å². The van der Waals surface area contributed by atoms with E-state index in [-0.39, 0.29) is 11.8 Å². The van der Waals surface area contributed by atoms with E-state index < -0.39 is 0 Å². The molecule has 0 unspecified atom stereocenters. The number of amides is 2. The Morgan fingerprint density at radius 3 is 2.96 bits per heavy atom. The summed E-state index contributed by atoms with van der Waals surface area (Å²) in [6.45, 7) is 7.87. The molecule has 25 heavy (non-hydrogen) atoms. The molecule has 0 spiro atoms. The molecular formula is C20H24N2O2S. The van der Waals surface area contributed by atoms with E-state index in [0.717, 1.165) is 25.1 Å². The first-order chi connectivity index (χ1) is 12.1. The Balaban J connectivity index is 1.56. The van der Waals surface area contributed by atoms with Gasteiger partial charge in [-0.15, -0.1) is 11.3 Å². The second-order valence-electron chi connectivity index (χ2n) is 6.75. The van der Waals surface area contributed by atoms with E-state index in [0.29, 0.717) is 24.8 Å². The Hall–Kier alpha value is -2.14. The highest BCUT2D eigenvalue weighted by molar-refractivity contribution is 7.17. The van der Waals surface area contributed by atoms with E-state index >= 15 is 0 Å². The fourth-order valence-electron chi connectivity index (χ4n) is 3.51. The third-order valence-corrected chi connectivity index (χ3v) is 6.04. The number of rotatable bonds is 6. The monoisotopic (exact) mass is 356 g/mol. The summed E-state index contributed by atoms with van der Waals surface area (Å²) in [5.41, 5.74) is 1.12. The van der Waals surface area contributed by atoms with Crippen LogP contribution in [0.15, 0.2) is 42.3 Å². The molecular weight excluding hydrogens is 332 g/mol. The molecule has 1 aliphatic rings. The minimum atomic E-state index is -0.136. The minimum absolute atomic E-state index is 0.136. The molecule has 132 valence electrons. The highest BCUT2D eigenvalue weighted by Crippen LogP contribution is 2.29.